The summed E-state index contributed by atoms with van der Waals surface area (Å²) in [6.45, 7) is 2.01. The summed E-state index contributed by atoms with van der Waals surface area (Å²) in [6, 6.07) is 13.0. The fourth-order valence-electron chi connectivity index (χ4n) is 2.11. The first-order chi connectivity index (χ1) is 10.1. The monoisotopic (exact) mass is 279 g/mol. The van der Waals surface area contributed by atoms with E-state index in [-0.39, 0.29) is 5.56 Å². The second-order valence-corrected chi connectivity index (χ2v) is 4.76. The summed E-state index contributed by atoms with van der Waals surface area (Å²) >= 11 is 0. The van der Waals surface area contributed by atoms with Crippen LogP contribution in [0, 0.1) is 6.92 Å². The van der Waals surface area contributed by atoms with E-state index in [0.717, 1.165) is 16.7 Å². The van der Waals surface area contributed by atoms with Gasteiger partial charge in [0.1, 0.15) is 0 Å². The van der Waals surface area contributed by atoms with Crippen molar-refractivity contribution in [2.75, 3.05) is 0 Å². The Kier molecular flexibility index (Phi) is 3.23. The summed E-state index contributed by atoms with van der Waals surface area (Å²) in [6.07, 6.45) is 3.11. The summed E-state index contributed by atoms with van der Waals surface area (Å²) in [5.41, 5.74) is 3.76. The van der Waals surface area contributed by atoms with Crippen LogP contribution in [0.25, 0.3) is 16.8 Å². The molecule has 21 heavy (non-hydrogen) atoms. The summed E-state index contributed by atoms with van der Waals surface area (Å²) < 4.78 is 0. The molecule has 5 heteroatoms. The van der Waals surface area contributed by atoms with Gasteiger partial charge in [-0.1, -0.05) is 29.8 Å². The molecule has 3 aromatic rings. The van der Waals surface area contributed by atoms with E-state index >= 15 is 0 Å². The van der Waals surface area contributed by atoms with Gasteiger partial charge in [-0.15, -0.1) is 0 Å². The maximum atomic E-state index is 11.3. The predicted molar refractivity (Wildman–Crippen MR) is 78.5 cm³/mol. The number of carboxylic acid groups (broad SMARTS) is 1. The number of aryl methyl sites for hydroxylation is 1. The third-order valence-corrected chi connectivity index (χ3v) is 3.20. The Morgan fingerprint density at radius 2 is 1.67 bits per heavy atom. The Balaban J connectivity index is 2.16. The smallest absolute Gasteiger partial charge is 0.335 e. The van der Waals surface area contributed by atoms with E-state index in [2.05, 4.69) is 10.2 Å². The molecule has 0 atom stereocenters. The number of aromatic carboxylic acids is 1. The number of hydrogen-bond acceptors (Lipinski definition) is 3. The van der Waals surface area contributed by atoms with Crippen LogP contribution in [0.2, 0.25) is 0 Å². The van der Waals surface area contributed by atoms with Gasteiger partial charge in [-0.25, -0.2) is 4.79 Å². The second kappa shape index (κ2) is 5.20. The van der Waals surface area contributed by atoms with Crippen LogP contribution in [0.4, 0.5) is 0 Å². The van der Waals surface area contributed by atoms with Crippen molar-refractivity contribution in [3.63, 3.8) is 0 Å². The van der Waals surface area contributed by atoms with Crippen molar-refractivity contribution in [2.24, 2.45) is 0 Å². The summed E-state index contributed by atoms with van der Waals surface area (Å²) in [4.78, 5) is 12.7. The fourth-order valence-corrected chi connectivity index (χ4v) is 2.11. The summed E-state index contributed by atoms with van der Waals surface area (Å²) in [7, 11) is 0. The lowest BCUT2D eigenvalue weighted by molar-refractivity contribution is 0.0697. The molecule has 1 N–H and O–H groups in total. The molecule has 2 aromatic carbocycles. The number of rotatable bonds is 3. The minimum absolute atomic E-state index is 0.209. The molecule has 3 rings (SSSR count). The third kappa shape index (κ3) is 2.67. The average molecular weight is 279 g/mol. The van der Waals surface area contributed by atoms with Crippen molar-refractivity contribution in [3.8, 4) is 16.8 Å². The van der Waals surface area contributed by atoms with Crippen LogP contribution in [-0.2, 0) is 0 Å². The zero-order valence-corrected chi connectivity index (χ0v) is 11.4. The summed E-state index contributed by atoms with van der Waals surface area (Å²) in [5, 5.41) is 17.4. The maximum Gasteiger partial charge on any atom is 0.335 e. The van der Waals surface area contributed by atoms with Gasteiger partial charge in [-0.3, -0.25) is 0 Å². The van der Waals surface area contributed by atoms with Crippen molar-refractivity contribution >= 4 is 5.97 Å². The first kappa shape index (κ1) is 13.1. The van der Waals surface area contributed by atoms with E-state index < -0.39 is 5.97 Å². The van der Waals surface area contributed by atoms with Crippen molar-refractivity contribution in [1.82, 2.24) is 15.0 Å². The van der Waals surface area contributed by atoms with Crippen LogP contribution < -0.4 is 0 Å². The molecule has 0 spiro atoms. The number of carboxylic acids is 1. The molecule has 0 aliphatic carbocycles. The van der Waals surface area contributed by atoms with E-state index in [1.54, 1.807) is 24.5 Å². The highest BCUT2D eigenvalue weighted by molar-refractivity contribution is 5.90. The lowest BCUT2D eigenvalue weighted by Gasteiger charge is -2.08. The van der Waals surface area contributed by atoms with Gasteiger partial charge in [0.25, 0.3) is 0 Å². The van der Waals surface area contributed by atoms with Crippen molar-refractivity contribution in [2.45, 2.75) is 6.92 Å². The molecule has 1 heterocycles. The molecule has 5 nitrogen and oxygen atoms in total. The first-order valence-electron chi connectivity index (χ1n) is 6.45. The molecule has 0 unspecified atom stereocenters. The maximum absolute atomic E-state index is 11.3. The van der Waals surface area contributed by atoms with Gasteiger partial charge >= 0.3 is 5.97 Å². The van der Waals surface area contributed by atoms with E-state index in [1.165, 1.54) is 4.80 Å². The fraction of sp³-hybridized carbons (Fsp3) is 0.0625. The van der Waals surface area contributed by atoms with Crippen molar-refractivity contribution in [3.05, 3.63) is 66.0 Å². The Morgan fingerprint density at radius 1 is 1.00 bits per heavy atom. The minimum Gasteiger partial charge on any atom is -0.478 e. The second-order valence-electron chi connectivity index (χ2n) is 4.76. The number of hydrogen-bond donors (Lipinski definition) is 1. The van der Waals surface area contributed by atoms with Crippen LogP contribution >= 0.6 is 0 Å². The van der Waals surface area contributed by atoms with Gasteiger partial charge in [0, 0.05) is 0 Å². The highest BCUT2D eigenvalue weighted by atomic mass is 16.4. The highest BCUT2D eigenvalue weighted by Crippen LogP contribution is 2.24. The van der Waals surface area contributed by atoms with Crippen LogP contribution in [0.15, 0.2) is 54.9 Å². The third-order valence-electron chi connectivity index (χ3n) is 3.20. The molecule has 0 amide bonds. The molecule has 0 bridgehead atoms. The van der Waals surface area contributed by atoms with Crippen molar-refractivity contribution in [1.29, 1.82) is 0 Å². The Morgan fingerprint density at radius 3 is 2.29 bits per heavy atom. The molecular weight excluding hydrogens is 266 g/mol. The SMILES string of the molecule is Cc1ccc(-c2cc(C(=O)O)cc(-n3nccn3)c2)cc1. The van der Waals surface area contributed by atoms with Crippen LogP contribution in [-0.4, -0.2) is 26.1 Å². The zero-order valence-electron chi connectivity index (χ0n) is 11.4. The minimum atomic E-state index is -0.975. The number of aromatic nitrogens is 3. The van der Waals surface area contributed by atoms with E-state index in [1.807, 2.05) is 37.3 Å². The Hall–Kier alpha value is -2.95. The lowest BCUT2D eigenvalue weighted by Crippen LogP contribution is -2.03. The van der Waals surface area contributed by atoms with Crippen molar-refractivity contribution < 1.29 is 9.90 Å². The molecule has 0 fully saturated rings. The van der Waals surface area contributed by atoms with Crippen LogP contribution in [0.3, 0.4) is 0 Å². The van der Waals surface area contributed by atoms with Gasteiger partial charge in [0.15, 0.2) is 0 Å². The van der Waals surface area contributed by atoms with Gasteiger partial charge in [0.2, 0.25) is 0 Å². The standard InChI is InChI=1S/C16H13N3O2/c1-11-2-4-12(5-3-11)13-8-14(16(20)21)10-15(9-13)19-17-6-7-18-19/h2-10H,1H3,(H,20,21). The molecule has 0 aliphatic rings. The van der Waals surface area contributed by atoms with Gasteiger partial charge in [0.05, 0.1) is 23.6 Å². The predicted octanol–water partition coefficient (Wildman–Crippen LogP) is 2.94. The average Bonchev–Trinajstić information content (AvgIpc) is 3.02. The molecule has 0 saturated heterocycles. The lowest BCUT2D eigenvalue weighted by atomic mass is 10.0. The Labute approximate surface area is 121 Å². The van der Waals surface area contributed by atoms with Gasteiger partial charge < -0.3 is 5.11 Å². The largest absolute Gasteiger partial charge is 0.478 e. The van der Waals surface area contributed by atoms with E-state index in [4.69, 9.17) is 0 Å². The number of benzene rings is 2. The molecule has 104 valence electrons. The van der Waals surface area contributed by atoms with Crippen LogP contribution in [0.5, 0.6) is 0 Å². The van der Waals surface area contributed by atoms with Gasteiger partial charge in [-0.05, 0) is 36.2 Å². The number of nitrogens with zero attached hydrogens (tertiary/aromatic N) is 3. The zero-order chi connectivity index (χ0) is 14.8. The van der Waals surface area contributed by atoms with Crippen LogP contribution in [0.1, 0.15) is 15.9 Å². The molecule has 0 radical (unpaired) electrons. The molecular formula is C16H13N3O2. The highest BCUT2D eigenvalue weighted by Gasteiger charge is 2.10. The van der Waals surface area contributed by atoms with E-state index in [0.29, 0.717) is 5.69 Å². The molecule has 0 saturated carbocycles. The molecule has 1 aromatic heterocycles. The quantitative estimate of drug-likeness (QED) is 0.800. The van der Waals surface area contributed by atoms with Gasteiger partial charge in [-0.2, -0.15) is 15.0 Å². The summed E-state index contributed by atoms with van der Waals surface area (Å²) in [5.74, 6) is -0.975. The topological polar surface area (TPSA) is 68.0 Å². The Bertz CT molecular complexity index is 778. The molecule has 0 aliphatic heterocycles. The van der Waals surface area contributed by atoms with E-state index in [9.17, 15) is 9.90 Å². The number of carbonyl (C=O) groups is 1. The normalized spacial score (nSPS) is 10.5. The first-order valence-corrected chi connectivity index (χ1v) is 6.45.